The zero-order valence-electron chi connectivity index (χ0n) is 17.3. The summed E-state index contributed by atoms with van der Waals surface area (Å²) in [5, 5.41) is 0. The Hall–Kier alpha value is 0.430. The number of hydrogen-bond acceptors (Lipinski definition) is 0. The van der Waals surface area contributed by atoms with Crippen molar-refractivity contribution in [3.8, 4) is 0 Å². The lowest BCUT2D eigenvalue weighted by molar-refractivity contribution is 0.449. The van der Waals surface area contributed by atoms with Gasteiger partial charge in [-0.25, -0.2) is 0 Å². The van der Waals surface area contributed by atoms with Gasteiger partial charge < -0.3 is 0 Å². The molecular formula is C24H46P+. The molecule has 0 aromatic rings. The van der Waals surface area contributed by atoms with Gasteiger partial charge in [0.25, 0.3) is 0 Å². The average molecular weight is 366 g/mol. The highest BCUT2D eigenvalue weighted by Crippen LogP contribution is 2.77. The second-order valence-electron chi connectivity index (χ2n) is 9.65. The molecule has 0 aromatic carbocycles. The van der Waals surface area contributed by atoms with Gasteiger partial charge in [-0.1, -0.05) is 39.0 Å². The molecule has 0 spiro atoms. The maximum atomic E-state index is 2.38. The van der Waals surface area contributed by atoms with Crippen LogP contribution in [0, 0.1) is 0 Å². The molecule has 25 heavy (non-hydrogen) atoms. The van der Waals surface area contributed by atoms with Crippen LogP contribution in [0.1, 0.15) is 129 Å². The minimum atomic E-state index is -0.763. The molecule has 146 valence electrons. The average Bonchev–Trinajstić information content (AvgIpc) is 2.70. The van der Waals surface area contributed by atoms with Gasteiger partial charge in [0, 0.05) is 7.26 Å². The van der Waals surface area contributed by atoms with Gasteiger partial charge in [-0.3, -0.25) is 0 Å². The summed E-state index contributed by atoms with van der Waals surface area (Å²) >= 11 is 0. The van der Waals surface area contributed by atoms with Crippen LogP contribution in [0.15, 0.2) is 0 Å². The molecule has 0 unspecified atom stereocenters. The summed E-state index contributed by atoms with van der Waals surface area (Å²) in [4.78, 5) is 0. The molecular weight excluding hydrogens is 319 g/mol. The molecule has 3 aliphatic rings. The van der Waals surface area contributed by atoms with Crippen molar-refractivity contribution in [3.63, 3.8) is 0 Å². The first-order valence-corrected chi connectivity index (χ1v) is 14.4. The lowest BCUT2D eigenvalue weighted by Gasteiger charge is -2.49. The number of unbranched alkanes of at least 4 members (excludes halogenated alkanes) is 3. The molecule has 0 saturated heterocycles. The maximum absolute atomic E-state index is 2.38. The zero-order chi connectivity index (χ0) is 17.4. The van der Waals surface area contributed by atoms with Gasteiger partial charge in [0.2, 0.25) is 0 Å². The van der Waals surface area contributed by atoms with Crippen LogP contribution in [-0.4, -0.2) is 23.1 Å². The van der Waals surface area contributed by atoms with Crippen LogP contribution in [0.2, 0.25) is 0 Å². The quantitative estimate of drug-likeness (QED) is 0.298. The van der Waals surface area contributed by atoms with Gasteiger partial charge in [0.15, 0.2) is 0 Å². The molecule has 0 bridgehead atoms. The Morgan fingerprint density at radius 1 is 0.520 bits per heavy atom. The third-order valence-corrected chi connectivity index (χ3v) is 14.9. The van der Waals surface area contributed by atoms with Crippen molar-refractivity contribution in [2.24, 2.45) is 0 Å². The Bertz CT molecular complexity index is 300. The summed E-state index contributed by atoms with van der Waals surface area (Å²) in [5.74, 6) is 0. The topological polar surface area (TPSA) is 0 Å². The largest absolute Gasteiger partial charge is 0.0703 e. The first-order valence-electron chi connectivity index (χ1n) is 12.2. The van der Waals surface area contributed by atoms with Crippen molar-refractivity contribution in [1.82, 2.24) is 0 Å². The Kier molecular flexibility index (Phi) is 8.62. The fourth-order valence-electron chi connectivity index (χ4n) is 6.94. The third kappa shape index (κ3) is 5.03. The van der Waals surface area contributed by atoms with Gasteiger partial charge in [-0.05, 0) is 89.9 Å². The fraction of sp³-hybridized carbons (Fsp3) is 1.00. The van der Waals surface area contributed by atoms with E-state index in [4.69, 9.17) is 0 Å². The van der Waals surface area contributed by atoms with Crippen LogP contribution in [-0.2, 0) is 0 Å². The van der Waals surface area contributed by atoms with E-state index >= 15 is 0 Å². The van der Waals surface area contributed by atoms with Gasteiger partial charge in [0.05, 0.1) is 23.1 Å². The molecule has 3 rings (SSSR count). The van der Waals surface area contributed by atoms with Gasteiger partial charge in [0.1, 0.15) is 0 Å². The molecule has 0 heterocycles. The van der Waals surface area contributed by atoms with Crippen LogP contribution in [0.4, 0.5) is 0 Å². The van der Waals surface area contributed by atoms with E-state index in [1.807, 2.05) is 0 Å². The van der Waals surface area contributed by atoms with Crippen LogP contribution in [0.3, 0.4) is 0 Å². The molecule has 3 fully saturated rings. The second-order valence-corrected chi connectivity index (χ2v) is 14.3. The minimum Gasteiger partial charge on any atom is -0.0654 e. The highest BCUT2D eigenvalue weighted by atomic mass is 31.2. The first-order chi connectivity index (χ1) is 12.4. The van der Waals surface area contributed by atoms with Crippen molar-refractivity contribution in [2.75, 3.05) is 6.16 Å². The number of hydrogen-bond donors (Lipinski definition) is 0. The first kappa shape index (κ1) is 20.2. The van der Waals surface area contributed by atoms with Crippen molar-refractivity contribution >= 4 is 7.26 Å². The van der Waals surface area contributed by atoms with E-state index in [0.717, 1.165) is 0 Å². The predicted molar refractivity (Wildman–Crippen MR) is 117 cm³/mol. The molecule has 0 atom stereocenters. The Labute approximate surface area is 159 Å². The van der Waals surface area contributed by atoms with E-state index in [1.54, 1.807) is 109 Å². The number of rotatable bonds is 8. The van der Waals surface area contributed by atoms with Crippen LogP contribution in [0.5, 0.6) is 0 Å². The molecule has 0 radical (unpaired) electrons. The van der Waals surface area contributed by atoms with Crippen LogP contribution in [0.25, 0.3) is 0 Å². The molecule has 3 aliphatic carbocycles. The van der Waals surface area contributed by atoms with E-state index in [0.29, 0.717) is 0 Å². The highest BCUT2D eigenvalue weighted by molar-refractivity contribution is 7.77. The smallest absolute Gasteiger partial charge is 0.0654 e. The van der Waals surface area contributed by atoms with Gasteiger partial charge in [-0.15, -0.1) is 0 Å². The summed E-state index contributed by atoms with van der Waals surface area (Å²) in [7, 11) is -0.763. The van der Waals surface area contributed by atoms with Crippen molar-refractivity contribution in [2.45, 2.75) is 146 Å². The molecule has 1 heteroatoms. The molecule has 0 amide bonds. The maximum Gasteiger partial charge on any atom is 0.0703 e. The second kappa shape index (κ2) is 10.7. The molecule has 3 saturated carbocycles. The van der Waals surface area contributed by atoms with Gasteiger partial charge in [-0.2, -0.15) is 0 Å². The van der Waals surface area contributed by atoms with Crippen molar-refractivity contribution in [1.29, 1.82) is 0 Å². The summed E-state index contributed by atoms with van der Waals surface area (Å²) < 4.78 is 0. The normalized spacial score (nSPS) is 25.3. The lowest BCUT2D eigenvalue weighted by atomic mass is 9.99. The molecule has 0 aliphatic heterocycles. The third-order valence-electron chi connectivity index (χ3n) is 8.16. The summed E-state index contributed by atoms with van der Waals surface area (Å²) in [6.07, 6.45) is 31.6. The monoisotopic (exact) mass is 365 g/mol. The van der Waals surface area contributed by atoms with E-state index in [9.17, 15) is 0 Å². The summed E-state index contributed by atoms with van der Waals surface area (Å²) in [6.45, 7) is 2.38. The molecule has 0 nitrogen and oxygen atoms in total. The van der Waals surface area contributed by atoms with Crippen LogP contribution < -0.4 is 0 Å². The van der Waals surface area contributed by atoms with Crippen molar-refractivity contribution < 1.29 is 0 Å². The molecule has 0 N–H and O–H groups in total. The van der Waals surface area contributed by atoms with Gasteiger partial charge >= 0.3 is 0 Å². The molecule has 0 aromatic heterocycles. The van der Waals surface area contributed by atoms with E-state index < -0.39 is 7.26 Å². The summed E-state index contributed by atoms with van der Waals surface area (Å²) in [5.41, 5.74) is 3.61. The highest BCUT2D eigenvalue weighted by Gasteiger charge is 2.56. The standard InChI is InChI=1S/C24H46P/c1-2-3-4-14-21-25(22-15-8-5-9-16-22,23-17-10-6-11-18-23)24-19-12-7-13-20-24/h22-24H,2-21H2,1H3/q+1. The SMILES string of the molecule is CCCCCC[P+](C1CCCCC1)(C1CCCCC1)C1CCCCC1. The van der Waals surface area contributed by atoms with E-state index in [2.05, 4.69) is 6.92 Å². The van der Waals surface area contributed by atoms with Crippen molar-refractivity contribution in [3.05, 3.63) is 0 Å². The summed E-state index contributed by atoms with van der Waals surface area (Å²) in [6, 6.07) is 0. The lowest BCUT2D eigenvalue weighted by Crippen LogP contribution is -2.37. The Balaban J connectivity index is 1.82. The Morgan fingerprint density at radius 3 is 1.28 bits per heavy atom. The van der Waals surface area contributed by atoms with E-state index in [1.165, 1.54) is 36.2 Å². The Morgan fingerprint density at radius 2 is 0.920 bits per heavy atom. The minimum absolute atomic E-state index is 0.763. The zero-order valence-corrected chi connectivity index (χ0v) is 18.2. The fourth-order valence-corrected chi connectivity index (χ4v) is 14.6. The predicted octanol–water partition coefficient (Wildman–Crippen LogP) is 8.58. The van der Waals surface area contributed by atoms with Crippen LogP contribution >= 0.6 is 7.26 Å². The van der Waals surface area contributed by atoms with E-state index in [-0.39, 0.29) is 0 Å².